The van der Waals surface area contributed by atoms with Gasteiger partial charge >= 0.3 is 0 Å². The molecule has 0 radical (unpaired) electrons. The third kappa shape index (κ3) is 3.07. The fourth-order valence-corrected chi connectivity index (χ4v) is 6.02. The number of anilines is 3. The predicted octanol–water partition coefficient (Wildman–Crippen LogP) is 9.90. The van der Waals surface area contributed by atoms with E-state index in [2.05, 4.69) is 155 Å². The van der Waals surface area contributed by atoms with Crippen LogP contribution in [0.1, 0.15) is 0 Å². The fourth-order valence-electron chi connectivity index (χ4n) is 6.02. The molecule has 0 bridgehead atoms. The van der Waals surface area contributed by atoms with Gasteiger partial charge < -0.3 is 0 Å². The molecule has 0 atom stereocenters. The SMILES string of the molecule is c1ccc(-c2cccc(N3c4ccc5ccccc5c4-c4ccccc4-n4c3cc3ccccc34)c2)cc1. The third-order valence-electron chi connectivity index (χ3n) is 7.69. The zero-order chi connectivity index (χ0) is 25.1. The van der Waals surface area contributed by atoms with Crippen LogP contribution in [-0.4, -0.2) is 4.57 Å². The van der Waals surface area contributed by atoms with E-state index < -0.39 is 0 Å². The lowest BCUT2D eigenvalue weighted by molar-refractivity contribution is 1.09. The molecule has 1 aliphatic rings. The molecule has 0 saturated heterocycles. The number of aromatic nitrogens is 1. The topological polar surface area (TPSA) is 8.17 Å². The highest BCUT2D eigenvalue weighted by Crippen LogP contribution is 2.51. The monoisotopic (exact) mass is 484 g/mol. The Labute approximate surface area is 221 Å². The molecule has 0 saturated carbocycles. The Bertz CT molecular complexity index is 1980. The standard InChI is InChI=1S/C36H24N2/c1-2-11-25(12-3-1)27-15-10-16-29(23-27)37-34-22-21-26-13-4-6-17-30(26)36(34)31-18-7-9-20-33(31)38-32-19-8-5-14-28(32)24-35(37)38/h1-24H. The Kier molecular flexibility index (Phi) is 4.55. The maximum Gasteiger partial charge on any atom is 0.123 e. The van der Waals surface area contributed by atoms with Gasteiger partial charge in [-0.15, -0.1) is 0 Å². The lowest BCUT2D eigenvalue weighted by Crippen LogP contribution is -2.13. The number of hydrogen-bond donors (Lipinski definition) is 0. The molecule has 2 heteroatoms. The number of rotatable bonds is 2. The minimum absolute atomic E-state index is 1.14. The summed E-state index contributed by atoms with van der Waals surface area (Å²) in [6.07, 6.45) is 0. The molecule has 0 fully saturated rings. The van der Waals surface area contributed by atoms with Crippen molar-refractivity contribution in [2.24, 2.45) is 0 Å². The zero-order valence-electron chi connectivity index (χ0n) is 20.8. The third-order valence-corrected chi connectivity index (χ3v) is 7.69. The molecule has 38 heavy (non-hydrogen) atoms. The van der Waals surface area contributed by atoms with Crippen molar-refractivity contribution >= 4 is 38.9 Å². The van der Waals surface area contributed by atoms with Gasteiger partial charge in [-0.1, -0.05) is 109 Å². The lowest BCUT2D eigenvalue weighted by atomic mass is 9.94. The highest BCUT2D eigenvalue weighted by Gasteiger charge is 2.29. The van der Waals surface area contributed by atoms with E-state index in [0.717, 1.165) is 11.5 Å². The minimum Gasteiger partial charge on any atom is -0.295 e. The van der Waals surface area contributed by atoms with Crippen molar-refractivity contribution in [1.82, 2.24) is 4.57 Å². The van der Waals surface area contributed by atoms with E-state index in [1.807, 2.05) is 0 Å². The first-order valence-electron chi connectivity index (χ1n) is 13.0. The van der Waals surface area contributed by atoms with Crippen molar-refractivity contribution in [3.63, 3.8) is 0 Å². The van der Waals surface area contributed by atoms with Crippen LogP contribution in [0.2, 0.25) is 0 Å². The van der Waals surface area contributed by atoms with Gasteiger partial charge in [0.2, 0.25) is 0 Å². The van der Waals surface area contributed by atoms with Crippen LogP contribution in [0.3, 0.4) is 0 Å². The molecule has 1 aliphatic heterocycles. The highest BCUT2D eigenvalue weighted by atomic mass is 15.3. The molecule has 1 aromatic heterocycles. The van der Waals surface area contributed by atoms with E-state index in [-0.39, 0.29) is 0 Å². The molecule has 0 unspecified atom stereocenters. The predicted molar refractivity (Wildman–Crippen MR) is 160 cm³/mol. The second-order valence-corrected chi connectivity index (χ2v) is 9.85. The number of hydrogen-bond acceptors (Lipinski definition) is 1. The Hall–Kier alpha value is -5.08. The Morgan fingerprint density at radius 1 is 0.447 bits per heavy atom. The second kappa shape index (κ2) is 8.22. The molecule has 0 spiro atoms. The summed E-state index contributed by atoms with van der Waals surface area (Å²) in [6.45, 7) is 0. The number of nitrogens with zero attached hydrogens (tertiary/aromatic N) is 2. The normalized spacial score (nSPS) is 12.2. The molecular formula is C36H24N2. The summed E-state index contributed by atoms with van der Waals surface area (Å²) in [5, 5.41) is 3.73. The van der Waals surface area contributed by atoms with Gasteiger partial charge in [0, 0.05) is 22.2 Å². The lowest BCUT2D eigenvalue weighted by Gasteiger charge is -2.27. The van der Waals surface area contributed by atoms with E-state index in [0.29, 0.717) is 0 Å². The summed E-state index contributed by atoms with van der Waals surface area (Å²) in [7, 11) is 0. The Balaban J connectivity index is 1.51. The first kappa shape index (κ1) is 21.0. The van der Waals surface area contributed by atoms with Gasteiger partial charge in [-0.25, -0.2) is 0 Å². The van der Waals surface area contributed by atoms with Gasteiger partial charge in [0.1, 0.15) is 5.82 Å². The fraction of sp³-hybridized carbons (Fsp3) is 0. The van der Waals surface area contributed by atoms with Crippen molar-refractivity contribution < 1.29 is 0 Å². The summed E-state index contributed by atoms with van der Waals surface area (Å²) >= 11 is 0. The van der Waals surface area contributed by atoms with E-state index in [4.69, 9.17) is 0 Å². The van der Waals surface area contributed by atoms with Gasteiger partial charge in [0.05, 0.1) is 16.9 Å². The molecule has 178 valence electrons. The van der Waals surface area contributed by atoms with Gasteiger partial charge in [-0.3, -0.25) is 9.47 Å². The maximum atomic E-state index is 2.44. The first-order valence-corrected chi connectivity index (χ1v) is 13.0. The van der Waals surface area contributed by atoms with Crippen LogP contribution in [0.4, 0.5) is 17.2 Å². The van der Waals surface area contributed by atoms with Crippen molar-refractivity contribution in [2.45, 2.75) is 0 Å². The summed E-state index contributed by atoms with van der Waals surface area (Å²) in [5.41, 5.74) is 9.64. The molecule has 0 N–H and O–H groups in total. The second-order valence-electron chi connectivity index (χ2n) is 9.85. The number of para-hydroxylation sites is 2. The minimum atomic E-state index is 1.14. The van der Waals surface area contributed by atoms with Crippen LogP contribution in [0.15, 0.2) is 146 Å². The Morgan fingerprint density at radius 3 is 2.11 bits per heavy atom. The van der Waals surface area contributed by atoms with Gasteiger partial charge in [-0.2, -0.15) is 0 Å². The van der Waals surface area contributed by atoms with E-state index >= 15 is 0 Å². The smallest absolute Gasteiger partial charge is 0.123 e. The van der Waals surface area contributed by atoms with Crippen LogP contribution in [0.25, 0.3) is 49.6 Å². The Morgan fingerprint density at radius 2 is 1.18 bits per heavy atom. The van der Waals surface area contributed by atoms with Gasteiger partial charge in [0.15, 0.2) is 0 Å². The molecule has 2 nitrogen and oxygen atoms in total. The van der Waals surface area contributed by atoms with E-state index in [1.165, 1.54) is 55.3 Å². The molecule has 2 heterocycles. The summed E-state index contributed by atoms with van der Waals surface area (Å²) in [6, 6.07) is 52.6. The first-order chi connectivity index (χ1) is 18.9. The van der Waals surface area contributed by atoms with Gasteiger partial charge in [-0.05, 0) is 58.3 Å². The molecule has 6 aromatic carbocycles. The largest absolute Gasteiger partial charge is 0.295 e. The molecule has 8 rings (SSSR count). The van der Waals surface area contributed by atoms with Crippen LogP contribution < -0.4 is 4.90 Å². The molecule has 7 aromatic rings. The quantitative estimate of drug-likeness (QED) is 0.237. The molecule has 0 aliphatic carbocycles. The van der Waals surface area contributed by atoms with E-state index in [1.54, 1.807) is 0 Å². The van der Waals surface area contributed by atoms with Crippen LogP contribution in [-0.2, 0) is 0 Å². The van der Waals surface area contributed by atoms with Crippen molar-refractivity contribution in [2.75, 3.05) is 4.90 Å². The van der Waals surface area contributed by atoms with Crippen LogP contribution in [0.5, 0.6) is 0 Å². The number of fused-ring (bicyclic) bond motifs is 9. The average Bonchev–Trinajstić information content (AvgIpc) is 3.31. The highest BCUT2D eigenvalue weighted by molar-refractivity contribution is 6.09. The number of benzene rings is 6. The summed E-state index contributed by atoms with van der Waals surface area (Å²) in [5.74, 6) is 1.14. The van der Waals surface area contributed by atoms with Crippen molar-refractivity contribution in [3.8, 4) is 27.9 Å². The van der Waals surface area contributed by atoms with Gasteiger partial charge in [0.25, 0.3) is 0 Å². The van der Waals surface area contributed by atoms with E-state index in [9.17, 15) is 0 Å². The molecule has 0 amide bonds. The maximum absolute atomic E-state index is 2.44. The van der Waals surface area contributed by atoms with Crippen LogP contribution in [0, 0.1) is 0 Å². The zero-order valence-corrected chi connectivity index (χ0v) is 20.8. The van der Waals surface area contributed by atoms with Crippen molar-refractivity contribution in [1.29, 1.82) is 0 Å². The summed E-state index contributed by atoms with van der Waals surface area (Å²) in [4.78, 5) is 2.44. The summed E-state index contributed by atoms with van der Waals surface area (Å²) < 4.78 is 2.43. The molecular weight excluding hydrogens is 460 g/mol. The average molecular weight is 485 g/mol. The van der Waals surface area contributed by atoms with Crippen molar-refractivity contribution in [3.05, 3.63) is 146 Å². The van der Waals surface area contributed by atoms with Crippen LogP contribution >= 0.6 is 0 Å².